The Morgan fingerprint density at radius 3 is 2.26 bits per heavy atom. The lowest BCUT2D eigenvalue weighted by atomic mass is 9.99. The number of rotatable bonds is 7. The number of carbonyl (C=O) groups is 1. The number of amides is 1. The molecule has 0 saturated carbocycles. The summed E-state index contributed by atoms with van der Waals surface area (Å²) in [5, 5.41) is 0. The highest BCUT2D eigenvalue weighted by Gasteiger charge is 2.34. The number of H-pyrrole nitrogens is 1. The van der Waals surface area contributed by atoms with Gasteiger partial charge in [-0.1, -0.05) is 0 Å². The number of piperidine rings is 1. The third kappa shape index (κ3) is 5.52. The molecule has 0 unspecified atom stereocenters. The van der Waals surface area contributed by atoms with E-state index in [1.165, 1.54) is 13.8 Å². The first kappa shape index (κ1) is 26.7. The molecular weight excluding hydrogens is 464 g/mol. The number of alkyl halides is 3. The van der Waals surface area contributed by atoms with Crippen LogP contribution < -0.4 is 15.4 Å². The van der Waals surface area contributed by atoms with Crippen molar-refractivity contribution >= 4 is 17.8 Å². The van der Waals surface area contributed by atoms with E-state index >= 15 is 0 Å². The quantitative estimate of drug-likeness (QED) is 0.452. The van der Waals surface area contributed by atoms with Crippen LogP contribution >= 0.6 is 0 Å². The van der Waals surface area contributed by atoms with Crippen LogP contribution in [-0.4, -0.2) is 49.0 Å². The summed E-state index contributed by atoms with van der Waals surface area (Å²) >= 11 is 0. The molecule has 0 bridgehead atoms. The second-order valence-electron chi connectivity index (χ2n) is 9.19. The molecule has 1 aromatic heterocycles. The molecule has 0 spiro atoms. The molecule has 1 saturated heterocycles. The summed E-state index contributed by atoms with van der Waals surface area (Å²) < 4.78 is 56.2. The topological polar surface area (TPSA) is 59.7 Å². The van der Waals surface area contributed by atoms with E-state index in [0.29, 0.717) is 24.2 Å². The highest BCUT2D eigenvalue weighted by Crippen LogP contribution is 2.40. The van der Waals surface area contributed by atoms with Crippen molar-refractivity contribution in [3.63, 3.8) is 0 Å². The molecule has 2 aromatic rings. The fourth-order valence-electron chi connectivity index (χ4n) is 4.80. The minimum absolute atomic E-state index is 0.0128. The van der Waals surface area contributed by atoms with Crippen LogP contribution in [0.5, 0.6) is 0 Å². The molecule has 1 fully saturated rings. The number of pyridine rings is 1. The van der Waals surface area contributed by atoms with Gasteiger partial charge < -0.3 is 19.7 Å². The molecule has 3 rings (SSSR count). The molecule has 1 amide bonds. The number of aromatic amines is 1. The number of aromatic nitrogens is 1. The van der Waals surface area contributed by atoms with Crippen LogP contribution in [0, 0.1) is 26.6 Å². The Balaban J connectivity index is 2.12. The van der Waals surface area contributed by atoms with E-state index in [9.17, 15) is 27.2 Å². The van der Waals surface area contributed by atoms with Gasteiger partial charge in [0.15, 0.2) is 0 Å². The summed E-state index contributed by atoms with van der Waals surface area (Å²) in [6.07, 6.45) is -2.63. The van der Waals surface area contributed by atoms with Crippen LogP contribution in [-0.2, 0) is 17.5 Å². The third-order valence-electron chi connectivity index (χ3n) is 6.91. The fourth-order valence-corrected chi connectivity index (χ4v) is 4.80. The van der Waals surface area contributed by atoms with Gasteiger partial charge in [-0.3, -0.25) is 9.59 Å². The summed E-state index contributed by atoms with van der Waals surface area (Å²) in [5.74, 6) is -0.619. The summed E-state index contributed by atoms with van der Waals surface area (Å²) in [7, 11) is 2.01. The Labute approximate surface area is 202 Å². The second-order valence-corrected chi connectivity index (χ2v) is 9.19. The number of hydrogen-bond donors (Lipinski definition) is 1. The predicted molar refractivity (Wildman–Crippen MR) is 128 cm³/mol. The molecule has 1 aliphatic heterocycles. The van der Waals surface area contributed by atoms with Crippen molar-refractivity contribution in [2.24, 2.45) is 0 Å². The normalized spacial score (nSPS) is 15.3. The zero-order chi connectivity index (χ0) is 26.1. The Hall–Kier alpha value is -2.88. The number of halogens is 4. The van der Waals surface area contributed by atoms with Gasteiger partial charge in [-0.25, -0.2) is 4.39 Å². The summed E-state index contributed by atoms with van der Waals surface area (Å²) in [4.78, 5) is 32.2. The lowest BCUT2D eigenvalue weighted by Crippen LogP contribution is -2.44. The van der Waals surface area contributed by atoms with Crippen molar-refractivity contribution in [1.82, 2.24) is 9.88 Å². The van der Waals surface area contributed by atoms with Crippen LogP contribution in [0.15, 0.2) is 16.9 Å². The van der Waals surface area contributed by atoms with Crippen molar-refractivity contribution in [1.29, 1.82) is 0 Å². The zero-order valence-corrected chi connectivity index (χ0v) is 20.7. The Morgan fingerprint density at radius 1 is 1.11 bits per heavy atom. The van der Waals surface area contributed by atoms with Crippen LogP contribution in [0.2, 0.25) is 0 Å². The number of aryl methyl sites for hydroxylation is 1. The van der Waals surface area contributed by atoms with E-state index in [1.54, 1.807) is 6.92 Å². The highest BCUT2D eigenvalue weighted by molar-refractivity contribution is 5.81. The number of nitrogens with one attached hydrogen (secondary N) is 1. The maximum atomic E-state index is 14.4. The van der Waals surface area contributed by atoms with E-state index in [0.717, 1.165) is 43.0 Å². The first-order valence-corrected chi connectivity index (χ1v) is 11.7. The number of nitrogens with zero attached hydrogens (tertiary/aromatic N) is 3. The summed E-state index contributed by atoms with van der Waals surface area (Å²) in [6, 6.07) is 2.11. The summed E-state index contributed by atoms with van der Waals surface area (Å²) in [5.41, 5.74) is -0.427. The highest BCUT2D eigenvalue weighted by atomic mass is 19.4. The van der Waals surface area contributed by atoms with Crippen molar-refractivity contribution in [3.8, 4) is 0 Å². The first-order chi connectivity index (χ1) is 16.4. The van der Waals surface area contributed by atoms with Gasteiger partial charge >= 0.3 is 6.18 Å². The van der Waals surface area contributed by atoms with Gasteiger partial charge in [0, 0.05) is 29.5 Å². The molecule has 0 atom stereocenters. The van der Waals surface area contributed by atoms with Crippen LogP contribution in [0.1, 0.15) is 47.7 Å². The van der Waals surface area contributed by atoms with Crippen LogP contribution in [0.4, 0.5) is 28.9 Å². The standard InChI is InChI=1S/C25H32F4N4O2/c1-6-33(19-7-9-31(5)10-8-19)22-12-18(25(27,28)29)11-21(16(22)3)32(14-34)13-20-15(2)23(26)17(4)30-24(20)35/h11-12,14,19H,6-10,13H2,1-5H3,(H,30,35). The minimum Gasteiger partial charge on any atom is -0.368 e. The van der Waals surface area contributed by atoms with Gasteiger partial charge in [-0.2, -0.15) is 13.2 Å². The largest absolute Gasteiger partial charge is 0.416 e. The lowest BCUT2D eigenvalue weighted by molar-refractivity contribution is -0.137. The molecule has 192 valence electrons. The monoisotopic (exact) mass is 496 g/mol. The molecule has 35 heavy (non-hydrogen) atoms. The van der Waals surface area contributed by atoms with Gasteiger partial charge in [0.1, 0.15) is 5.82 Å². The van der Waals surface area contributed by atoms with E-state index < -0.39 is 23.1 Å². The second kappa shape index (κ2) is 10.4. The molecule has 2 heterocycles. The molecular formula is C25H32F4N4O2. The number of likely N-dealkylation sites (tertiary alicyclic amines) is 1. The van der Waals surface area contributed by atoms with Gasteiger partial charge in [0.25, 0.3) is 5.56 Å². The Morgan fingerprint density at radius 2 is 1.71 bits per heavy atom. The lowest BCUT2D eigenvalue weighted by Gasteiger charge is -2.39. The minimum atomic E-state index is -4.64. The fraction of sp³-hybridized carbons (Fsp3) is 0.520. The van der Waals surface area contributed by atoms with Crippen molar-refractivity contribution in [2.75, 3.05) is 36.5 Å². The van der Waals surface area contributed by atoms with Gasteiger partial charge in [0.05, 0.1) is 17.8 Å². The van der Waals surface area contributed by atoms with Crippen LogP contribution in [0.3, 0.4) is 0 Å². The molecule has 1 aliphatic rings. The molecule has 10 heteroatoms. The number of carbonyl (C=O) groups excluding carboxylic acids is 1. The Bertz CT molecular complexity index is 1140. The molecule has 0 radical (unpaired) electrons. The number of benzene rings is 1. The van der Waals surface area contributed by atoms with E-state index in [2.05, 4.69) is 9.88 Å². The van der Waals surface area contributed by atoms with E-state index in [4.69, 9.17) is 0 Å². The zero-order valence-electron chi connectivity index (χ0n) is 20.7. The van der Waals surface area contributed by atoms with Gasteiger partial charge in [-0.05, 0) is 83.9 Å². The van der Waals surface area contributed by atoms with Crippen molar-refractivity contribution in [3.05, 3.63) is 56.3 Å². The molecule has 1 N–H and O–H groups in total. The van der Waals surface area contributed by atoms with Gasteiger partial charge in [0.2, 0.25) is 6.41 Å². The number of hydrogen-bond acceptors (Lipinski definition) is 4. The smallest absolute Gasteiger partial charge is 0.368 e. The van der Waals surface area contributed by atoms with E-state index in [-0.39, 0.29) is 35.1 Å². The SMILES string of the molecule is CCN(c1cc(C(F)(F)F)cc(N(C=O)Cc2c(C)c(F)c(C)[nH]c2=O)c1C)C1CCN(C)CC1. The average Bonchev–Trinajstić information content (AvgIpc) is 2.80. The maximum absolute atomic E-state index is 14.4. The average molecular weight is 497 g/mol. The van der Waals surface area contributed by atoms with Gasteiger partial charge in [-0.15, -0.1) is 0 Å². The van der Waals surface area contributed by atoms with Crippen molar-refractivity contribution in [2.45, 2.75) is 59.3 Å². The van der Waals surface area contributed by atoms with Crippen molar-refractivity contribution < 1.29 is 22.4 Å². The number of anilines is 2. The predicted octanol–water partition coefficient (Wildman–Crippen LogP) is 4.54. The third-order valence-corrected chi connectivity index (χ3v) is 6.91. The first-order valence-electron chi connectivity index (χ1n) is 11.7. The summed E-state index contributed by atoms with van der Waals surface area (Å²) in [6.45, 7) is 8.22. The molecule has 1 aromatic carbocycles. The molecule has 6 nitrogen and oxygen atoms in total. The van der Waals surface area contributed by atoms with Crippen LogP contribution in [0.25, 0.3) is 0 Å². The van der Waals surface area contributed by atoms with E-state index in [1.807, 2.05) is 18.9 Å². The molecule has 0 aliphatic carbocycles. The maximum Gasteiger partial charge on any atom is 0.416 e. The Kier molecular flexibility index (Phi) is 7.93.